The molecule has 1 amide bonds. The van der Waals surface area contributed by atoms with Crippen molar-refractivity contribution in [1.29, 1.82) is 0 Å². The van der Waals surface area contributed by atoms with Gasteiger partial charge in [0, 0.05) is 18.7 Å². The van der Waals surface area contributed by atoms with Crippen LogP contribution in [0.4, 0.5) is 4.79 Å². The monoisotopic (exact) mass is 287 g/mol. The van der Waals surface area contributed by atoms with Gasteiger partial charge in [-0.15, -0.1) is 0 Å². The van der Waals surface area contributed by atoms with Crippen LogP contribution in [0.3, 0.4) is 0 Å². The molecule has 0 saturated heterocycles. The summed E-state index contributed by atoms with van der Waals surface area (Å²) in [6, 6.07) is 9.98. The first kappa shape index (κ1) is 14.0. The molecule has 2 atom stereocenters. The van der Waals surface area contributed by atoms with Gasteiger partial charge in [0.25, 0.3) is 0 Å². The van der Waals surface area contributed by atoms with Crippen LogP contribution in [-0.4, -0.2) is 28.7 Å². The summed E-state index contributed by atoms with van der Waals surface area (Å²) >= 11 is 0. The molecule has 1 aromatic rings. The van der Waals surface area contributed by atoms with E-state index in [1.807, 2.05) is 57.3 Å². The number of carbonyl (C=O) groups is 1. The summed E-state index contributed by atoms with van der Waals surface area (Å²) in [7, 11) is 0. The van der Waals surface area contributed by atoms with E-state index >= 15 is 0 Å². The van der Waals surface area contributed by atoms with Gasteiger partial charge in [-0.25, -0.2) is 4.79 Å². The molecule has 2 aliphatic rings. The highest BCUT2D eigenvalue weighted by Gasteiger charge is 2.43. The molecule has 112 valence electrons. The Hall–Kier alpha value is -1.97. The Labute approximate surface area is 125 Å². The van der Waals surface area contributed by atoms with E-state index in [-0.39, 0.29) is 18.2 Å². The zero-order valence-corrected chi connectivity index (χ0v) is 12.7. The molecule has 0 N–H and O–H groups in total. The second-order valence-electron chi connectivity index (χ2n) is 6.60. The molecule has 4 nitrogen and oxygen atoms in total. The number of amides is 1. The van der Waals surface area contributed by atoms with Crippen LogP contribution in [0.5, 0.6) is 5.75 Å². The van der Waals surface area contributed by atoms with Crippen molar-refractivity contribution in [3.8, 4) is 5.75 Å². The number of benzene rings is 1. The summed E-state index contributed by atoms with van der Waals surface area (Å²) in [4.78, 5) is 13.8. The van der Waals surface area contributed by atoms with Gasteiger partial charge >= 0.3 is 6.09 Å². The SMILES string of the molecule is CC(C)(C)OC(=O)N1C=C2C[C@H]1C[C@@H]2Oc1ccccc1. The van der Waals surface area contributed by atoms with Gasteiger partial charge in [-0.1, -0.05) is 18.2 Å². The largest absolute Gasteiger partial charge is 0.486 e. The quantitative estimate of drug-likeness (QED) is 0.832. The minimum Gasteiger partial charge on any atom is -0.486 e. The van der Waals surface area contributed by atoms with Gasteiger partial charge in [0.2, 0.25) is 0 Å². The third-order valence-electron chi connectivity index (χ3n) is 3.70. The molecule has 1 aliphatic heterocycles. The second-order valence-corrected chi connectivity index (χ2v) is 6.60. The van der Waals surface area contributed by atoms with Crippen molar-refractivity contribution < 1.29 is 14.3 Å². The lowest BCUT2D eigenvalue weighted by atomic mass is 10.2. The molecule has 1 aliphatic carbocycles. The van der Waals surface area contributed by atoms with Crippen molar-refractivity contribution in [2.24, 2.45) is 0 Å². The molecule has 0 aromatic heterocycles. The molecule has 0 unspecified atom stereocenters. The number of fused-ring (bicyclic) bond motifs is 2. The molecule has 0 radical (unpaired) electrons. The fourth-order valence-corrected chi connectivity index (χ4v) is 2.82. The molecule has 1 heterocycles. The van der Waals surface area contributed by atoms with Crippen molar-refractivity contribution in [3.05, 3.63) is 42.1 Å². The second kappa shape index (κ2) is 5.10. The predicted molar refractivity (Wildman–Crippen MR) is 80.0 cm³/mol. The van der Waals surface area contributed by atoms with Crippen molar-refractivity contribution in [1.82, 2.24) is 4.90 Å². The first-order valence-corrected chi connectivity index (χ1v) is 7.36. The van der Waals surface area contributed by atoms with E-state index in [1.165, 1.54) is 5.57 Å². The lowest BCUT2D eigenvalue weighted by Gasteiger charge is -2.29. The van der Waals surface area contributed by atoms with E-state index in [1.54, 1.807) is 4.90 Å². The van der Waals surface area contributed by atoms with Crippen LogP contribution in [0.2, 0.25) is 0 Å². The molecule has 0 spiro atoms. The minimum atomic E-state index is -0.461. The Morgan fingerprint density at radius 1 is 1.24 bits per heavy atom. The molecule has 21 heavy (non-hydrogen) atoms. The van der Waals surface area contributed by atoms with Crippen LogP contribution in [0.15, 0.2) is 42.1 Å². The van der Waals surface area contributed by atoms with E-state index in [4.69, 9.17) is 9.47 Å². The van der Waals surface area contributed by atoms with Crippen LogP contribution >= 0.6 is 0 Å². The molecule has 1 saturated carbocycles. The maximum Gasteiger partial charge on any atom is 0.414 e. The van der Waals surface area contributed by atoms with Gasteiger partial charge in [-0.2, -0.15) is 0 Å². The van der Waals surface area contributed by atoms with Gasteiger partial charge in [-0.05, 0) is 44.9 Å². The molecular formula is C17H21NO3. The van der Waals surface area contributed by atoms with Crippen LogP contribution in [0, 0.1) is 0 Å². The Kier molecular flexibility index (Phi) is 3.40. The number of rotatable bonds is 2. The molecule has 1 aromatic carbocycles. The van der Waals surface area contributed by atoms with E-state index < -0.39 is 5.60 Å². The van der Waals surface area contributed by atoms with Gasteiger partial charge in [0.05, 0.1) is 0 Å². The van der Waals surface area contributed by atoms with Crippen LogP contribution < -0.4 is 4.74 Å². The Bertz CT molecular complexity index is 559. The summed E-state index contributed by atoms with van der Waals surface area (Å²) < 4.78 is 11.4. The van der Waals surface area contributed by atoms with Crippen molar-refractivity contribution in [2.75, 3.05) is 0 Å². The first-order valence-electron chi connectivity index (χ1n) is 7.36. The zero-order valence-electron chi connectivity index (χ0n) is 12.7. The number of hydrogen-bond acceptors (Lipinski definition) is 3. The Morgan fingerprint density at radius 3 is 2.52 bits per heavy atom. The fraction of sp³-hybridized carbons (Fsp3) is 0.471. The number of nitrogens with zero attached hydrogens (tertiary/aromatic N) is 1. The number of para-hydroxylation sites is 1. The molecule has 1 fully saturated rings. The highest BCUT2D eigenvalue weighted by molar-refractivity contribution is 5.71. The molecule has 4 heteroatoms. The minimum absolute atomic E-state index is 0.0797. The van der Waals surface area contributed by atoms with Gasteiger partial charge in [-0.3, -0.25) is 4.90 Å². The summed E-state index contributed by atoms with van der Waals surface area (Å²) in [6.45, 7) is 5.65. The Balaban J connectivity index is 1.65. The van der Waals surface area contributed by atoms with E-state index in [9.17, 15) is 4.79 Å². The number of hydrogen-bond donors (Lipinski definition) is 0. The van der Waals surface area contributed by atoms with Crippen molar-refractivity contribution in [3.63, 3.8) is 0 Å². The topological polar surface area (TPSA) is 38.8 Å². The third-order valence-corrected chi connectivity index (χ3v) is 3.70. The van der Waals surface area contributed by atoms with Crippen molar-refractivity contribution in [2.45, 2.75) is 51.4 Å². The Morgan fingerprint density at radius 2 is 1.95 bits per heavy atom. The zero-order chi connectivity index (χ0) is 15.0. The normalized spacial score (nSPS) is 24.0. The maximum absolute atomic E-state index is 12.1. The van der Waals surface area contributed by atoms with Crippen molar-refractivity contribution >= 4 is 6.09 Å². The van der Waals surface area contributed by atoms with Crippen LogP contribution in [-0.2, 0) is 4.74 Å². The fourth-order valence-electron chi connectivity index (χ4n) is 2.82. The lowest BCUT2D eigenvalue weighted by Crippen LogP contribution is -2.39. The smallest absolute Gasteiger partial charge is 0.414 e. The molecule has 3 rings (SSSR count). The summed E-state index contributed by atoms with van der Waals surface area (Å²) in [6.07, 6.45) is 3.43. The van der Waals surface area contributed by atoms with Gasteiger partial charge in [0.15, 0.2) is 0 Å². The van der Waals surface area contributed by atoms with Gasteiger partial charge in [0.1, 0.15) is 17.5 Å². The van der Waals surface area contributed by atoms with Gasteiger partial charge < -0.3 is 9.47 Å². The lowest BCUT2D eigenvalue weighted by molar-refractivity contribution is 0.0265. The predicted octanol–water partition coefficient (Wildman–Crippen LogP) is 3.73. The average Bonchev–Trinajstić information content (AvgIpc) is 2.97. The third kappa shape index (κ3) is 3.04. The number of ether oxygens (including phenoxy) is 2. The van der Waals surface area contributed by atoms with E-state index in [0.717, 1.165) is 18.6 Å². The van der Waals surface area contributed by atoms with Crippen LogP contribution in [0.1, 0.15) is 33.6 Å². The molecule has 2 bridgehead atoms. The van der Waals surface area contributed by atoms with E-state index in [2.05, 4.69) is 0 Å². The van der Waals surface area contributed by atoms with Crippen LogP contribution in [0.25, 0.3) is 0 Å². The maximum atomic E-state index is 12.1. The average molecular weight is 287 g/mol. The highest BCUT2D eigenvalue weighted by atomic mass is 16.6. The standard InChI is InChI=1S/C17H21NO3/c1-17(2,3)21-16(19)18-11-12-9-13(18)10-15(12)20-14-7-5-4-6-8-14/h4-8,11,13,15H,9-10H2,1-3H3/t13-,15-/m0/s1. The first-order chi connectivity index (χ1) is 9.92. The summed E-state index contributed by atoms with van der Waals surface area (Å²) in [5.41, 5.74) is 0.715. The number of carbonyl (C=O) groups excluding carboxylic acids is 1. The molecular weight excluding hydrogens is 266 g/mol. The van der Waals surface area contributed by atoms with E-state index in [0.29, 0.717) is 0 Å². The summed E-state index contributed by atoms with van der Waals surface area (Å²) in [5.74, 6) is 0.875. The summed E-state index contributed by atoms with van der Waals surface area (Å²) in [5, 5.41) is 0. The highest BCUT2D eigenvalue weighted by Crippen LogP contribution is 2.39.